The molecule has 0 spiro atoms. The van der Waals surface area contributed by atoms with Gasteiger partial charge in [0, 0.05) is 30.7 Å². The van der Waals surface area contributed by atoms with Crippen molar-refractivity contribution in [2.24, 2.45) is 5.92 Å². The highest BCUT2D eigenvalue weighted by Gasteiger charge is 2.25. The second kappa shape index (κ2) is 5.85. The second-order valence-electron chi connectivity index (χ2n) is 6.65. The van der Waals surface area contributed by atoms with Crippen molar-refractivity contribution in [1.29, 1.82) is 0 Å². The zero-order valence-corrected chi connectivity index (χ0v) is 14.4. The first-order chi connectivity index (χ1) is 11.6. The average molecular weight is 322 g/mol. The minimum absolute atomic E-state index is 0.631. The third-order valence-electron chi connectivity index (χ3n) is 4.94. The van der Waals surface area contributed by atoms with Crippen molar-refractivity contribution < 1.29 is 0 Å². The van der Waals surface area contributed by atoms with Gasteiger partial charge in [-0.1, -0.05) is 0 Å². The summed E-state index contributed by atoms with van der Waals surface area (Å²) in [7, 11) is 0. The van der Waals surface area contributed by atoms with Crippen LogP contribution in [0.25, 0.3) is 5.78 Å². The highest BCUT2D eigenvalue weighted by atomic mass is 15.3. The molecule has 0 bridgehead atoms. The van der Waals surface area contributed by atoms with E-state index in [4.69, 9.17) is 0 Å². The number of aryl methyl sites for hydroxylation is 3. The Bertz CT molecular complexity index is 870. The predicted molar refractivity (Wildman–Crippen MR) is 93.3 cm³/mol. The zero-order chi connectivity index (χ0) is 16.7. The Labute approximate surface area is 141 Å². The van der Waals surface area contributed by atoms with Gasteiger partial charge in [0.2, 0.25) is 0 Å². The molecule has 0 aliphatic carbocycles. The Morgan fingerprint density at radius 2 is 2.08 bits per heavy atom. The van der Waals surface area contributed by atoms with E-state index in [1.165, 1.54) is 17.7 Å². The summed E-state index contributed by atoms with van der Waals surface area (Å²) in [6.45, 7) is 8.27. The van der Waals surface area contributed by atoms with Gasteiger partial charge in [0.05, 0.1) is 11.9 Å². The van der Waals surface area contributed by atoms with Crippen molar-refractivity contribution in [3.05, 3.63) is 47.3 Å². The molecular formula is C18H22N6. The number of rotatable bonds is 3. The molecule has 0 radical (unpaired) electrons. The van der Waals surface area contributed by atoms with Crippen LogP contribution in [-0.4, -0.2) is 37.7 Å². The number of hydrogen-bond acceptors (Lipinski definition) is 5. The van der Waals surface area contributed by atoms with Crippen LogP contribution in [0.1, 0.15) is 29.2 Å². The third-order valence-corrected chi connectivity index (χ3v) is 4.94. The summed E-state index contributed by atoms with van der Waals surface area (Å²) in [5, 5.41) is 4.48. The van der Waals surface area contributed by atoms with Crippen LogP contribution in [0, 0.1) is 26.7 Å². The van der Waals surface area contributed by atoms with Gasteiger partial charge in [-0.15, -0.1) is 0 Å². The van der Waals surface area contributed by atoms with Crippen LogP contribution in [0.3, 0.4) is 0 Å². The van der Waals surface area contributed by atoms with Crippen LogP contribution < -0.4 is 4.90 Å². The summed E-state index contributed by atoms with van der Waals surface area (Å²) in [5.41, 5.74) is 4.77. The SMILES string of the molecule is Cc1nc2nc(C)c(C[C@@H]3CCN(c4cccnc4)C3)c(C)n2n1. The van der Waals surface area contributed by atoms with Crippen molar-refractivity contribution in [2.75, 3.05) is 18.0 Å². The lowest BCUT2D eigenvalue weighted by Gasteiger charge is -2.19. The van der Waals surface area contributed by atoms with E-state index in [2.05, 4.69) is 44.9 Å². The van der Waals surface area contributed by atoms with Gasteiger partial charge in [0.1, 0.15) is 5.82 Å². The smallest absolute Gasteiger partial charge is 0.252 e. The van der Waals surface area contributed by atoms with Gasteiger partial charge in [-0.2, -0.15) is 10.1 Å². The van der Waals surface area contributed by atoms with E-state index < -0.39 is 0 Å². The molecule has 0 unspecified atom stereocenters. The van der Waals surface area contributed by atoms with E-state index in [9.17, 15) is 0 Å². The number of fused-ring (bicyclic) bond motifs is 1. The van der Waals surface area contributed by atoms with Gasteiger partial charge < -0.3 is 4.90 Å². The van der Waals surface area contributed by atoms with E-state index in [1.807, 2.05) is 29.9 Å². The lowest BCUT2D eigenvalue weighted by molar-refractivity contribution is 0.577. The van der Waals surface area contributed by atoms with Crippen LogP contribution in [0.5, 0.6) is 0 Å². The molecule has 1 aliphatic heterocycles. The first kappa shape index (κ1) is 15.1. The molecule has 1 atom stereocenters. The maximum Gasteiger partial charge on any atom is 0.252 e. The van der Waals surface area contributed by atoms with Crippen LogP contribution in [-0.2, 0) is 6.42 Å². The lowest BCUT2D eigenvalue weighted by Crippen LogP contribution is -2.20. The Kier molecular flexibility index (Phi) is 3.67. The average Bonchev–Trinajstić information content (AvgIpc) is 3.19. The molecule has 0 N–H and O–H groups in total. The second-order valence-corrected chi connectivity index (χ2v) is 6.65. The maximum atomic E-state index is 4.64. The molecule has 1 fully saturated rings. The first-order valence-corrected chi connectivity index (χ1v) is 8.46. The Morgan fingerprint density at radius 1 is 1.21 bits per heavy atom. The van der Waals surface area contributed by atoms with E-state index >= 15 is 0 Å². The molecule has 0 amide bonds. The van der Waals surface area contributed by atoms with Crippen LogP contribution in [0.2, 0.25) is 0 Å². The predicted octanol–water partition coefficient (Wildman–Crippen LogP) is 2.51. The summed E-state index contributed by atoms with van der Waals surface area (Å²) in [6, 6.07) is 4.14. The monoisotopic (exact) mass is 322 g/mol. The van der Waals surface area contributed by atoms with E-state index in [1.54, 1.807) is 0 Å². The standard InChI is InChI=1S/C18H22N6/c1-12-17(13(2)24-18(20-12)21-14(3)22-24)9-15-6-8-23(11-15)16-5-4-7-19-10-16/h4-5,7,10,15H,6,8-9,11H2,1-3H3/t15-/m0/s1. The fraction of sp³-hybridized carbons (Fsp3) is 0.444. The molecular weight excluding hydrogens is 300 g/mol. The molecule has 0 saturated carbocycles. The molecule has 24 heavy (non-hydrogen) atoms. The van der Waals surface area contributed by atoms with E-state index in [0.717, 1.165) is 36.7 Å². The fourth-order valence-electron chi connectivity index (χ4n) is 3.67. The number of pyridine rings is 1. The van der Waals surface area contributed by atoms with Crippen molar-refractivity contribution in [3.8, 4) is 0 Å². The summed E-state index contributed by atoms with van der Waals surface area (Å²) in [4.78, 5) is 15.7. The summed E-state index contributed by atoms with van der Waals surface area (Å²) in [5.74, 6) is 2.10. The highest BCUT2D eigenvalue weighted by molar-refractivity contribution is 5.45. The van der Waals surface area contributed by atoms with Gasteiger partial charge in [-0.25, -0.2) is 9.50 Å². The van der Waals surface area contributed by atoms with Gasteiger partial charge in [0.15, 0.2) is 0 Å². The Balaban J connectivity index is 1.57. The van der Waals surface area contributed by atoms with Gasteiger partial charge in [-0.05, 0) is 57.2 Å². The molecule has 4 rings (SSSR count). The molecule has 0 aromatic carbocycles. The quantitative estimate of drug-likeness (QED) is 0.741. The fourth-order valence-corrected chi connectivity index (χ4v) is 3.67. The van der Waals surface area contributed by atoms with Crippen LogP contribution in [0.15, 0.2) is 24.5 Å². The van der Waals surface area contributed by atoms with E-state index in [-0.39, 0.29) is 0 Å². The lowest BCUT2D eigenvalue weighted by atomic mass is 9.96. The number of aromatic nitrogens is 5. The molecule has 1 saturated heterocycles. The van der Waals surface area contributed by atoms with Crippen molar-refractivity contribution in [2.45, 2.75) is 33.6 Å². The number of hydrogen-bond donors (Lipinski definition) is 0. The number of anilines is 1. The maximum absolute atomic E-state index is 4.64. The molecule has 124 valence electrons. The minimum atomic E-state index is 0.631. The largest absolute Gasteiger partial charge is 0.370 e. The normalized spacial score (nSPS) is 17.8. The zero-order valence-electron chi connectivity index (χ0n) is 14.4. The molecule has 4 heterocycles. The molecule has 3 aromatic rings. The van der Waals surface area contributed by atoms with Gasteiger partial charge in [-0.3, -0.25) is 4.98 Å². The number of nitrogens with zero attached hydrogens (tertiary/aromatic N) is 6. The van der Waals surface area contributed by atoms with Gasteiger partial charge >= 0.3 is 0 Å². The van der Waals surface area contributed by atoms with Crippen LogP contribution >= 0.6 is 0 Å². The molecule has 3 aromatic heterocycles. The molecule has 6 nitrogen and oxygen atoms in total. The molecule has 1 aliphatic rings. The summed E-state index contributed by atoms with van der Waals surface area (Å²) < 4.78 is 1.88. The Morgan fingerprint density at radius 3 is 2.88 bits per heavy atom. The topological polar surface area (TPSA) is 59.2 Å². The van der Waals surface area contributed by atoms with E-state index in [0.29, 0.717) is 11.7 Å². The highest BCUT2D eigenvalue weighted by Crippen LogP contribution is 2.27. The Hall–Kier alpha value is -2.50. The third kappa shape index (κ3) is 2.62. The van der Waals surface area contributed by atoms with Crippen molar-refractivity contribution in [3.63, 3.8) is 0 Å². The first-order valence-electron chi connectivity index (χ1n) is 8.46. The summed E-state index contributed by atoms with van der Waals surface area (Å²) >= 11 is 0. The molecule has 6 heteroatoms. The van der Waals surface area contributed by atoms with Gasteiger partial charge in [0.25, 0.3) is 5.78 Å². The van der Waals surface area contributed by atoms with Crippen LogP contribution in [0.4, 0.5) is 5.69 Å². The van der Waals surface area contributed by atoms with Crippen molar-refractivity contribution in [1.82, 2.24) is 24.6 Å². The van der Waals surface area contributed by atoms with Crippen molar-refractivity contribution >= 4 is 11.5 Å². The summed E-state index contributed by atoms with van der Waals surface area (Å²) in [6.07, 6.45) is 6.01. The minimum Gasteiger partial charge on any atom is -0.370 e.